The molecule has 0 aliphatic rings. The Morgan fingerprint density at radius 2 is 0.800 bits per heavy atom. The first-order valence-electron chi connectivity index (χ1n) is 5.74. The summed E-state index contributed by atoms with van der Waals surface area (Å²) in [6.45, 7) is 21.5. The minimum Gasteiger partial charge on any atom is -0.467 e. The van der Waals surface area contributed by atoms with E-state index in [-0.39, 0.29) is 0 Å². The molecule has 0 fully saturated rings. The first kappa shape index (κ1) is 16.0. The van der Waals surface area contributed by atoms with Crippen LogP contribution in [0.5, 0.6) is 0 Å². The summed E-state index contributed by atoms with van der Waals surface area (Å²) in [5.41, 5.74) is 0. The fraction of sp³-hybridized carbons (Fsp3) is 1.00. The summed E-state index contributed by atoms with van der Waals surface area (Å²) in [7, 11) is -1.68. The van der Waals surface area contributed by atoms with Crippen molar-refractivity contribution in [1.82, 2.24) is 0 Å². The molecule has 0 saturated carbocycles. The van der Waals surface area contributed by atoms with Crippen molar-refractivity contribution >= 4 is 40.1 Å². The summed E-state index contributed by atoms with van der Waals surface area (Å²) < 4.78 is 6.38. The topological polar surface area (TPSA) is 9.23 Å². The molecule has 0 saturated heterocycles. The molecule has 0 atom stereocenters. The first-order valence-corrected chi connectivity index (χ1v) is 21.7. The highest BCUT2D eigenvalue weighted by Gasteiger charge is 2.62. The van der Waals surface area contributed by atoms with Crippen molar-refractivity contribution in [2.24, 2.45) is 0 Å². The molecule has 1 nitrogen and oxygen atoms in total. The molecular formula is C9H29OSi5. The zero-order valence-electron chi connectivity index (χ0n) is 12.1. The van der Waals surface area contributed by atoms with Crippen molar-refractivity contribution in [2.75, 3.05) is 0 Å². The molecule has 0 rings (SSSR count). The van der Waals surface area contributed by atoms with Crippen molar-refractivity contribution in [1.29, 1.82) is 0 Å². The van der Waals surface area contributed by atoms with Crippen molar-refractivity contribution in [3.8, 4) is 0 Å². The minimum absolute atomic E-state index is 1.16. The molecule has 0 heterocycles. The third-order valence-corrected chi connectivity index (χ3v) is 74.9. The Bertz CT molecular complexity index is 184. The maximum atomic E-state index is 6.38. The van der Waals surface area contributed by atoms with Crippen LogP contribution in [0.3, 0.4) is 0 Å². The van der Waals surface area contributed by atoms with Gasteiger partial charge in [-0.3, -0.25) is 0 Å². The second-order valence-electron chi connectivity index (χ2n) is 7.58. The fourth-order valence-corrected chi connectivity index (χ4v) is 109. The minimum atomic E-state index is -1.45. The Hall–Kier alpha value is 1.04. The smallest absolute Gasteiger partial charge is 0.157 e. The lowest BCUT2D eigenvalue weighted by Crippen LogP contribution is -2.84. The molecule has 91 valence electrons. The molecule has 0 amide bonds. The SMILES string of the molecule is C[Si](C)(C)[Si](O[SiH2])([Si](C)(C)C)[Si](C)(C)C. The molecule has 0 aliphatic heterocycles. The Morgan fingerprint density at radius 3 is 0.800 bits per heavy atom. The van der Waals surface area contributed by atoms with E-state index in [1.807, 2.05) is 0 Å². The maximum Gasteiger partial charge on any atom is 0.157 e. The van der Waals surface area contributed by atoms with Gasteiger partial charge in [0.15, 0.2) is 10.5 Å². The largest absolute Gasteiger partial charge is 0.467 e. The summed E-state index contributed by atoms with van der Waals surface area (Å²) in [5, 5.41) is 0. The highest BCUT2D eigenvalue weighted by atomic mass is 29.9. The monoisotopic (exact) mass is 293 g/mol. The van der Waals surface area contributed by atoms with E-state index in [1.54, 1.807) is 10.5 Å². The molecule has 15 heavy (non-hydrogen) atoms. The van der Waals surface area contributed by atoms with Gasteiger partial charge in [-0.2, -0.15) is 0 Å². The van der Waals surface area contributed by atoms with Crippen molar-refractivity contribution in [3.05, 3.63) is 0 Å². The van der Waals surface area contributed by atoms with E-state index in [0.717, 1.165) is 0 Å². The van der Waals surface area contributed by atoms with Gasteiger partial charge < -0.3 is 4.12 Å². The lowest BCUT2D eigenvalue weighted by atomic mass is 11.8. The summed E-state index contributed by atoms with van der Waals surface area (Å²) in [5.74, 6) is 0. The van der Waals surface area contributed by atoms with Crippen LogP contribution in [-0.4, -0.2) is 40.1 Å². The fourth-order valence-electron chi connectivity index (χ4n) is 4.02. The van der Waals surface area contributed by atoms with E-state index >= 15 is 0 Å². The van der Waals surface area contributed by atoms with Crippen molar-refractivity contribution in [3.63, 3.8) is 0 Å². The molecule has 0 bridgehead atoms. The van der Waals surface area contributed by atoms with Gasteiger partial charge in [-0.1, -0.05) is 58.9 Å². The van der Waals surface area contributed by atoms with E-state index in [4.69, 9.17) is 4.12 Å². The molecule has 0 spiro atoms. The van der Waals surface area contributed by atoms with Gasteiger partial charge in [-0.05, 0) is 0 Å². The van der Waals surface area contributed by atoms with E-state index in [1.165, 1.54) is 0 Å². The van der Waals surface area contributed by atoms with E-state index < -0.39 is 29.6 Å². The summed E-state index contributed by atoms with van der Waals surface area (Å²) in [6, 6.07) is 0. The predicted molar refractivity (Wildman–Crippen MR) is 85.4 cm³/mol. The van der Waals surface area contributed by atoms with Gasteiger partial charge in [0.05, 0.1) is 22.8 Å². The highest BCUT2D eigenvalue weighted by Crippen LogP contribution is 2.36. The average molecular weight is 294 g/mol. The number of hydrogen-bond acceptors (Lipinski definition) is 1. The zero-order chi connectivity index (χ0) is 12.7. The van der Waals surface area contributed by atoms with Crippen LogP contribution >= 0.6 is 0 Å². The Kier molecular flexibility index (Phi) is 4.68. The van der Waals surface area contributed by atoms with Crippen LogP contribution in [0.2, 0.25) is 58.9 Å². The van der Waals surface area contributed by atoms with Crippen LogP contribution in [0.25, 0.3) is 0 Å². The molecule has 0 aromatic carbocycles. The summed E-state index contributed by atoms with van der Waals surface area (Å²) in [4.78, 5) is 0. The summed E-state index contributed by atoms with van der Waals surface area (Å²) >= 11 is 0. The standard InChI is InChI=1S/C9H29OSi5/c1-12(2,3)15(10-11,13(4,5)6)14(7,8)9/h11H2,1-9H3. The van der Waals surface area contributed by atoms with Crippen molar-refractivity contribution < 1.29 is 4.12 Å². The third kappa shape index (κ3) is 2.66. The molecule has 0 aromatic rings. The molecule has 1 radical (unpaired) electrons. The van der Waals surface area contributed by atoms with Gasteiger partial charge >= 0.3 is 0 Å². The van der Waals surface area contributed by atoms with Gasteiger partial charge in [0.25, 0.3) is 0 Å². The molecule has 0 N–H and O–H groups in total. The number of rotatable bonds is 4. The molecule has 0 unspecified atom stereocenters. The Morgan fingerprint density at radius 1 is 0.600 bits per heavy atom. The molecule has 6 heteroatoms. The molecular weight excluding hydrogens is 265 g/mol. The first-order chi connectivity index (χ1) is 6.31. The van der Waals surface area contributed by atoms with Crippen LogP contribution in [0, 0.1) is 0 Å². The Labute approximate surface area is 103 Å². The molecule has 0 aliphatic carbocycles. The van der Waals surface area contributed by atoms with Crippen molar-refractivity contribution in [2.45, 2.75) is 58.9 Å². The van der Waals surface area contributed by atoms with Crippen LogP contribution in [-0.2, 0) is 4.12 Å². The second-order valence-corrected chi connectivity index (χ2v) is 47.9. The summed E-state index contributed by atoms with van der Waals surface area (Å²) in [6.07, 6.45) is 0. The third-order valence-electron chi connectivity index (χ3n) is 3.39. The normalized spacial score (nSPS) is 15.6. The van der Waals surface area contributed by atoms with Crippen LogP contribution in [0.4, 0.5) is 0 Å². The predicted octanol–water partition coefficient (Wildman–Crippen LogP) is 2.75. The van der Waals surface area contributed by atoms with Gasteiger partial charge in [-0.15, -0.1) is 0 Å². The van der Waals surface area contributed by atoms with E-state index in [0.29, 0.717) is 0 Å². The van der Waals surface area contributed by atoms with Crippen LogP contribution in [0.1, 0.15) is 0 Å². The molecule has 0 aromatic heterocycles. The van der Waals surface area contributed by atoms with Gasteiger partial charge in [-0.25, -0.2) is 0 Å². The second kappa shape index (κ2) is 4.37. The van der Waals surface area contributed by atoms with Gasteiger partial charge in [0.2, 0.25) is 0 Å². The average Bonchev–Trinajstić information content (AvgIpc) is 1.76. The van der Waals surface area contributed by atoms with Crippen LogP contribution in [0.15, 0.2) is 0 Å². The number of hydrogen-bond donors (Lipinski definition) is 0. The van der Waals surface area contributed by atoms with Gasteiger partial charge in [0, 0.05) is 0 Å². The van der Waals surface area contributed by atoms with Crippen LogP contribution < -0.4 is 0 Å². The zero-order valence-corrected chi connectivity index (χ0v) is 17.5. The van der Waals surface area contributed by atoms with E-state index in [9.17, 15) is 0 Å². The quantitative estimate of drug-likeness (QED) is 0.724. The highest BCUT2D eigenvalue weighted by molar-refractivity contribution is 7.87. The Balaban J connectivity index is 5.78. The lowest BCUT2D eigenvalue weighted by Gasteiger charge is -2.56. The maximum absolute atomic E-state index is 6.38. The lowest BCUT2D eigenvalue weighted by molar-refractivity contribution is 0.655. The van der Waals surface area contributed by atoms with E-state index in [2.05, 4.69) is 58.9 Å². The van der Waals surface area contributed by atoms with Gasteiger partial charge in [0.1, 0.15) is 6.87 Å².